The van der Waals surface area contributed by atoms with Crippen LogP contribution in [0, 0.1) is 0 Å². The normalized spacial score (nSPS) is 24.6. The second-order valence-electron chi connectivity index (χ2n) is 7.77. The maximum Gasteiger partial charge on any atom is 0.220 e. The van der Waals surface area contributed by atoms with E-state index in [1.807, 2.05) is 0 Å². The van der Waals surface area contributed by atoms with E-state index in [9.17, 15) is 4.79 Å². The van der Waals surface area contributed by atoms with E-state index in [0.29, 0.717) is 18.6 Å². The van der Waals surface area contributed by atoms with Crippen LogP contribution in [0.5, 0.6) is 0 Å². The number of fused-ring (bicyclic) bond motifs is 1. The molecule has 0 radical (unpaired) electrons. The van der Waals surface area contributed by atoms with E-state index in [4.69, 9.17) is 9.84 Å². The van der Waals surface area contributed by atoms with Crippen molar-refractivity contribution in [2.75, 3.05) is 19.7 Å². The summed E-state index contributed by atoms with van der Waals surface area (Å²) in [7, 11) is 0. The van der Waals surface area contributed by atoms with E-state index >= 15 is 0 Å². The van der Waals surface area contributed by atoms with Gasteiger partial charge in [-0.1, -0.05) is 0 Å². The third-order valence-electron chi connectivity index (χ3n) is 5.43. The number of hydrogen-bond acceptors (Lipinski definition) is 4. The highest BCUT2D eigenvalue weighted by molar-refractivity contribution is 5.76. The molecule has 6 nitrogen and oxygen atoms in total. The minimum Gasteiger partial charge on any atom is -0.377 e. The highest BCUT2D eigenvalue weighted by atomic mass is 16.5. The first-order valence-electron chi connectivity index (χ1n) is 9.95. The van der Waals surface area contributed by atoms with Crippen LogP contribution >= 0.6 is 0 Å². The molecular formula is C19H30N4O2. The first kappa shape index (κ1) is 17.0. The largest absolute Gasteiger partial charge is 0.377 e. The second-order valence-corrected chi connectivity index (χ2v) is 7.77. The Morgan fingerprint density at radius 2 is 2.16 bits per heavy atom. The zero-order chi connectivity index (χ0) is 17.1. The van der Waals surface area contributed by atoms with Crippen LogP contribution in [0.15, 0.2) is 6.07 Å². The van der Waals surface area contributed by atoms with Crippen molar-refractivity contribution in [3.63, 3.8) is 0 Å². The molecule has 1 aromatic heterocycles. The zero-order valence-electron chi connectivity index (χ0n) is 15.1. The molecule has 3 aliphatic rings. The molecule has 1 aromatic rings. The molecule has 6 heteroatoms. The molecule has 2 fully saturated rings. The van der Waals surface area contributed by atoms with Gasteiger partial charge in [-0.15, -0.1) is 0 Å². The first-order chi connectivity index (χ1) is 12.3. The minimum atomic E-state index is 0.168. The number of carbonyl (C=O) groups is 1. The minimum absolute atomic E-state index is 0.168. The molecule has 2 aliphatic heterocycles. The van der Waals surface area contributed by atoms with Crippen LogP contribution in [-0.2, 0) is 29.0 Å². The average molecular weight is 346 g/mol. The molecule has 138 valence electrons. The molecule has 1 N–H and O–H groups in total. The molecule has 0 bridgehead atoms. The van der Waals surface area contributed by atoms with Gasteiger partial charge in [0.1, 0.15) is 0 Å². The molecule has 1 unspecified atom stereocenters. The van der Waals surface area contributed by atoms with Crippen molar-refractivity contribution in [2.24, 2.45) is 0 Å². The molecule has 25 heavy (non-hydrogen) atoms. The second kappa shape index (κ2) is 7.87. The van der Waals surface area contributed by atoms with E-state index in [0.717, 1.165) is 64.2 Å². The van der Waals surface area contributed by atoms with Gasteiger partial charge in [-0.2, -0.15) is 5.10 Å². The fraction of sp³-hybridized carbons (Fsp3) is 0.789. The number of nitrogens with one attached hydrogen (secondary N) is 1. The van der Waals surface area contributed by atoms with Crippen molar-refractivity contribution in [3.05, 3.63) is 17.5 Å². The van der Waals surface area contributed by atoms with Gasteiger partial charge in [0.15, 0.2) is 0 Å². The van der Waals surface area contributed by atoms with Crippen molar-refractivity contribution in [1.29, 1.82) is 0 Å². The maximum absolute atomic E-state index is 11.9. The molecular weight excluding hydrogens is 316 g/mol. The van der Waals surface area contributed by atoms with Crippen LogP contribution in [0.3, 0.4) is 0 Å². The lowest BCUT2D eigenvalue weighted by molar-refractivity contribution is -0.121. The summed E-state index contributed by atoms with van der Waals surface area (Å²) in [5.74, 6) is 0.168. The highest BCUT2D eigenvalue weighted by Crippen LogP contribution is 2.20. The lowest BCUT2D eigenvalue weighted by Crippen LogP contribution is -2.35. The van der Waals surface area contributed by atoms with Crippen LogP contribution in [0.4, 0.5) is 0 Å². The summed E-state index contributed by atoms with van der Waals surface area (Å²) in [4.78, 5) is 14.4. The van der Waals surface area contributed by atoms with E-state index in [-0.39, 0.29) is 5.91 Å². The SMILES string of the molecule is O=C(CCc1cc2n(n1)CCCN(CC1CCCCO1)C2)NC1CC1. The summed E-state index contributed by atoms with van der Waals surface area (Å²) in [6.45, 7) is 4.99. The van der Waals surface area contributed by atoms with Crippen LogP contribution < -0.4 is 5.32 Å². The van der Waals surface area contributed by atoms with Crippen molar-refractivity contribution in [2.45, 2.75) is 76.6 Å². The Hall–Kier alpha value is -1.40. The number of rotatable bonds is 6. The van der Waals surface area contributed by atoms with E-state index in [2.05, 4.69) is 21.0 Å². The number of hydrogen-bond donors (Lipinski definition) is 1. The van der Waals surface area contributed by atoms with E-state index in [1.165, 1.54) is 25.0 Å². The Morgan fingerprint density at radius 3 is 2.96 bits per heavy atom. The van der Waals surface area contributed by atoms with Crippen molar-refractivity contribution in [3.8, 4) is 0 Å². The smallest absolute Gasteiger partial charge is 0.220 e. The summed E-state index contributed by atoms with van der Waals surface area (Å²) in [6, 6.07) is 2.64. The Kier molecular flexibility index (Phi) is 5.36. The first-order valence-corrected chi connectivity index (χ1v) is 9.95. The Labute approximate surface area is 149 Å². The standard InChI is InChI=1S/C19H30N4O2/c24-19(20-15-5-6-15)8-7-16-12-17-13-22(9-3-10-23(17)21-16)14-18-4-1-2-11-25-18/h12,15,18H,1-11,13-14H2,(H,20,24). The molecule has 1 aliphatic carbocycles. The predicted molar refractivity (Wildman–Crippen MR) is 95.2 cm³/mol. The molecule has 1 amide bonds. The lowest BCUT2D eigenvalue weighted by Gasteiger charge is -2.28. The fourth-order valence-electron chi connectivity index (χ4n) is 3.87. The van der Waals surface area contributed by atoms with Gasteiger partial charge in [0.2, 0.25) is 5.91 Å². The van der Waals surface area contributed by atoms with Gasteiger partial charge in [0, 0.05) is 51.7 Å². The fourth-order valence-corrected chi connectivity index (χ4v) is 3.87. The molecule has 3 heterocycles. The number of nitrogens with zero attached hydrogens (tertiary/aromatic N) is 3. The van der Waals surface area contributed by atoms with Gasteiger partial charge in [-0.05, 0) is 44.6 Å². The summed E-state index contributed by atoms with van der Waals surface area (Å²) in [5, 5.41) is 7.79. The Balaban J connectivity index is 1.30. The molecule has 1 saturated heterocycles. The molecule has 1 saturated carbocycles. The quantitative estimate of drug-likeness (QED) is 0.854. The topological polar surface area (TPSA) is 59.4 Å². The molecule has 1 atom stereocenters. The van der Waals surface area contributed by atoms with Crippen LogP contribution in [0.2, 0.25) is 0 Å². The van der Waals surface area contributed by atoms with Gasteiger partial charge < -0.3 is 10.1 Å². The number of amides is 1. The number of carbonyl (C=O) groups excluding carboxylic acids is 1. The van der Waals surface area contributed by atoms with Crippen LogP contribution in [0.25, 0.3) is 0 Å². The van der Waals surface area contributed by atoms with Crippen LogP contribution in [0.1, 0.15) is 56.3 Å². The van der Waals surface area contributed by atoms with Crippen molar-refractivity contribution < 1.29 is 9.53 Å². The van der Waals surface area contributed by atoms with Gasteiger partial charge in [-0.25, -0.2) is 0 Å². The predicted octanol–water partition coefficient (Wildman–Crippen LogP) is 1.87. The number of ether oxygens (including phenoxy) is 1. The van der Waals surface area contributed by atoms with E-state index < -0.39 is 0 Å². The van der Waals surface area contributed by atoms with Crippen molar-refractivity contribution >= 4 is 5.91 Å². The van der Waals surface area contributed by atoms with Crippen molar-refractivity contribution in [1.82, 2.24) is 20.0 Å². The zero-order valence-corrected chi connectivity index (χ0v) is 15.1. The number of aryl methyl sites for hydroxylation is 2. The summed E-state index contributed by atoms with van der Waals surface area (Å²) in [6.07, 6.45) is 8.80. The summed E-state index contributed by atoms with van der Waals surface area (Å²) >= 11 is 0. The monoisotopic (exact) mass is 346 g/mol. The van der Waals surface area contributed by atoms with Gasteiger partial charge in [-0.3, -0.25) is 14.4 Å². The van der Waals surface area contributed by atoms with Gasteiger partial charge in [0.05, 0.1) is 17.5 Å². The third kappa shape index (κ3) is 4.82. The average Bonchev–Trinajstić information content (AvgIpc) is 3.37. The number of aromatic nitrogens is 2. The summed E-state index contributed by atoms with van der Waals surface area (Å²) < 4.78 is 8.06. The van der Waals surface area contributed by atoms with Crippen LogP contribution in [-0.4, -0.2) is 52.4 Å². The molecule has 4 rings (SSSR count). The van der Waals surface area contributed by atoms with Gasteiger partial charge in [0.25, 0.3) is 0 Å². The Morgan fingerprint density at radius 1 is 1.24 bits per heavy atom. The lowest BCUT2D eigenvalue weighted by atomic mass is 10.1. The maximum atomic E-state index is 11.9. The van der Waals surface area contributed by atoms with Gasteiger partial charge >= 0.3 is 0 Å². The third-order valence-corrected chi connectivity index (χ3v) is 5.43. The Bertz CT molecular complexity index is 590. The summed E-state index contributed by atoms with van der Waals surface area (Å²) in [5.41, 5.74) is 2.34. The molecule has 0 aromatic carbocycles. The van der Waals surface area contributed by atoms with E-state index in [1.54, 1.807) is 0 Å². The highest BCUT2D eigenvalue weighted by Gasteiger charge is 2.24. The molecule has 0 spiro atoms.